The smallest absolute Gasteiger partial charge is 0.191 e. The van der Waals surface area contributed by atoms with Gasteiger partial charge in [-0.1, -0.05) is 0 Å². The molecule has 2 rings (SSSR count). The van der Waals surface area contributed by atoms with Gasteiger partial charge in [-0.25, -0.2) is 4.98 Å². The van der Waals surface area contributed by atoms with Gasteiger partial charge in [-0.2, -0.15) is 0 Å². The number of thiazole rings is 1. The molecule has 0 radical (unpaired) electrons. The number of hydrogen-bond donors (Lipinski definition) is 2. The molecule has 1 aromatic heterocycles. The van der Waals surface area contributed by atoms with E-state index < -0.39 is 0 Å². The number of guanidine groups is 1. The zero-order valence-corrected chi connectivity index (χ0v) is 18.7. The molecule has 0 aliphatic carbocycles. The Balaban J connectivity index is 0.00000288. The Kier molecular flexibility index (Phi) is 9.51. The van der Waals surface area contributed by atoms with Crippen molar-refractivity contribution < 1.29 is 0 Å². The maximum atomic E-state index is 4.56. The molecule has 7 heteroatoms. The first-order chi connectivity index (χ1) is 11.0. The van der Waals surface area contributed by atoms with Gasteiger partial charge in [0.1, 0.15) is 5.01 Å². The molecule has 0 saturated carbocycles. The van der Waals surface area contributed by atoms with Crippen LogP contribution in [0.1, 0.15) is 42.3 Å². The van der Waals surface area contributed by atoms with Crippen molar-refractivity contribution in [2.24, 2.45) is 10.9 Å². The lowest BCUT2D eigenvalue weighted by atomic mass is 9.97. The van der Waals surface area contributed by atoms with Gasteiger partial charge >= 0.3 is 0 Å². The number of piperidine rings is 1. The lowest BCUT2D eigenvalue weighted by molar-refractivity contribution is 0.141. The zero-order valence-electron chi connectivity index (χ0n) is 15.6. The average Bonchev–Trinajstić information content (AvgIpc) is 2.86. The van der Waals surface area contributed by atoms with E-state index in [1.807, 2.05) is 7.05 Å². The lowest BCUT2D eigenvalue weighted by Crippen LogP contribution is -2.45. The van der Waals surface area contributed by atoms with Crippen LogP contribution >= 0.6 is 35.3 Å². The third-order valence-corrected chi connectivity index (χ3v) is 5.62. The van der Waals surface area contributed by atoms with E-state index in [4.69, 9.17) is 0 Å². The molecular weight excluding hydrogens is 433 g/mol. The molecular formula is C17H32IN5S. The maximum Gasteiger partial charge on any atom is 0.191 e. The molecule has 2 heterocycles. The first kappa shape index (κ1) is 21.6. The maximum absolute atomic E-state index is 4.56. The molecule has 5 nitrogen and oxygen atoms in total. The quantitative estimate of drug-likeness (QED) is 0.399. The lowest BCUT2D eigenvalue weighted by Gasteiger charge is -2.35. The summed E-state index contributed by atoms with van der Waals surface area (Å²) in [5.74, 6) is 1.58. The van der Waals surface area contributed by atoms with Crippen LogP contribution in [0.25, 0.3) is 0 Å². The first-order valence-corrected chi connectivity index (χ1v) is 9.42. The highest BCUT2D eigenvalue weighted by molar-refractivity contribution is 14.0. The van der Waals surface area contributed by atoms with E-state index in [1.54, 1.807) is 11.3 Å². The summed E-state index contributed by atoms with van der Waals surface area (Å²) >= 11 is 1.75. The molecule has 1 saturated heterocycles. The number of nitrogens with one attached hydrogen (secondary N) is 2. The van der Waals surface area contributed by atoms with E-state index in [9.17, 15) is 0 Å². The minimum absolute atomic E-state index is 0. The number of aliphatic imine (C=N–C) groups is 1. The van der Waals surface area contributed by atoms with Gasteiger partial charge in [0.25, 0.3) is 0 Å². The van der Waals surface area contributed by atoms with Gasteiger partial charge in [-0.3, -0.25) is 4.99 Å². The highest BCUT2D eigenvalue weighted by Gasteiger charge is 2.21. The van der Waals surface area contributed by atoms with Crippen LogP contribution in [0.5, 0.6) is 0 Å². The summed E-state index contributed by atoms with van der Waals surface area (Å²) in [5, 5.41) is 7.97. The van der Waals surface area contributed by atoms with Crippen molar-refractivity contribution in [3.63, 3.8) is 0 Å². The summed E-state index contributed by atoms with van der Waals surface area (Å²) in [6.07, 6.45) is 2.60. The SMILES string of the molecule is CN=C(NCc1nc(C)c(C)s1)NCC1CCCN(C(C)C)C1.I. The number of nitrogens with zero attached hydrogens (tertiary/aromatic N) is 3. The Hall–Kier alpha value is -0.410. The van der Waals surface area contributed by atoms with E-state index >= 15 is 0 Å². The molecule has 0 spiro atoms. The predicted molar refractivity (Wildman–Crippen MR) is 115 cm³/mol. The van der Waals surface area contributed by atoms with E-state index in [2.05, 4.69) is 53.2 Å². The third-order valence-electron chi connectivity index (χ3n) is 4.54. The number of rotatable bonds is 5. The average molecular weight is 465 g/mol. The molecule has 0 amide bonds. The van der Waals surface area contributed by atoms with Gasteiger partial charge in [0.15, 0.2) is 5.96 Å². The monoisotopic (exact) mass is 465 g/mol. The summed E-state index contributed by atoms with van der Waals surface area (Å²) in [4.78, 5) is 12.8. The van der Waals surface area contributed by atoms with Crippen LogP contribution in [-0.4, -0.2) is 48.6 Å². The molecule has 138 valence electrons. The molecule has 1 fully saturated rings. The third kappa shape index (κ3) is 6.48. The largest absolute Gasteiger partial charge is 0.356 e. The van der Waals surface area contributed by atoms with Gasteiger partial charge < -0.3 is 15.5 Å². The number of hydrogen-bond acceptors (Lipinski definition) is 4. The van der Waals surface area contributed by atoms with Crippen molar-refractivity contribution >= 4 is 41.3 Å². The van der Waals surface area contributed by atoms with Crippen LogP contribution < -0.4 is 10.6 Å². The topological polar surface area (TPSA) is 52.6 Å². The van der Waals surface area contributed by atoms with Crippen LogP contribution in [0, 0.1) is 19.8 Å². The van der Waals surface area contributed by atoms with Crippen LogP contribution in [0.4, 0.5) is 0 Å². The molecule has 2 N–H and O–H groups in total. The fourth-order valence-corrected chi connectivity index (χ4v) is 3.84. The first-order valence-electron chi connectivity index (χ1n) is 8.61. The summed E-state index contributed by atoms with van der Waals surface area (Å²) in [6.45, 7) is 12.9. The van der Waals surface area contributed by atoms with Gasteiger partial charge in [-0.15, -0.1) is 35.3 Å². The van der Waals surface area contributed by atoms with Crippen molar-refractivity contribution in [2.75, 3.05) is 26.7 Å². The molecule has 1 atom stereocenters. The fourth-order valence-electron chi connectivity index (χ4n) is 2.97. The standard InChI is InChI=1S/C17H31N5S.HI/c1-12(2)22-8-6-7-15(11-22)9-19-17(18-5)20-10-16-21-13(3)14(4)23-16;/h12,15H,6-11H2,1-5H3,(H2,18,19,20);1H. The fraction of sp³-hybridized carbons (Fsp3) is 0.765. The van der Waals surface area contributed by atoms with Gasteiger partial charge in [0, 0.05) is 31.1 Å². The Bertz CT molecular complexity index is 510. The minimum atomic E-state index is 0. The van der Waals surface area contributed by atoms with Crippen molar-refractivity contribution in [3.8, 4) is 0 Å². The number of halogens is 1. The summed E-state index contributed by atoms with van der Waals surface area (Å²) in [5.41, 5.74) is 1.13. The number of aryl methyl sites for hydroxylation is 2. The molecule has 1 aliphatic heterocycles. The molecule has 0 bridgehead atoms. The molecule has 1 unspecified atom stereocenters. The van der Waals surface area contributed by atoms with Gasteiger partial charge in [0.2, 0.25) is 0 Å². The molecule has 1 aromatic rings. The van der Waals surface area contributed by atoms with Crippen LogP contribution in [0.2, 0.25) is 0 Å². The second kappa shape index (κ2) is 10.6. The molecule has 0 aromatic carbocycles. The molecule has 24 heavy (non-hydrogen) atoms. The zero-order chi connectivity index (χ0) is 16.8. The van der Waals surface area contributed by atoms with Crippen LogP contribution in [-0.2, 0) is 6.54 Å². The Morgan fingerprint density at radius 3 is 2.71 bits per heavy atom. The highest BCUT2D eigenvalue weighted by Crippen LogP contribution is 2.18. The normalized spacial score (nSPS) is 19.2. The Morgan fingerprint density at radius 1 is 1.38 bits per heavy atom. The molecule has 1 aliphatic rings. The summed E-state index contributed by atoms with van der Waals surface area (Å²) in [6, 6.07) is 0.645. The highest BCUT2D eigenvalue weighted by atomic mass is 127. The summed E-state index contributed by atoms with van der Waals surface area (Å²) < 4.78 is 0. The number of aromatic nitrogens is 1. The van der Waals surface area contributed by atoms with E-state index in [-0.39, 0.29) is 24.0 Å². The second-order valence-corrected chi connectivity index (χ2v) is 7.94. The van der Waals surface area contributed by atoms with E-state index in [0.29, 0.717) is 12.0 Å². The van der Waals surface area contributed by atoms with Crippen molar-refractivity contribution in [1.29, 1.82) is 0 Å². The Morgan fingerprint density at radius 2 is 2.12 bits per heavy atom. The Labute approximate surface area is 167 Å². The van der Waals surface area contributed by atoms with Crippen LogP contribution in [0.15, 0.2) is 4.99 Å². The number of likely N-dealkylation sites (tertiary alicyclic amines) is 1. The van der Waals surface area contributed by atoms with Crippen LogP contribution in [0.3, 0.4) is 0 Å². The summed E-state index contributed by atoms with van der Waals surface area (Å²) in [7, 11) is 1.83. The van der Waals surface area contributed by atoms with Gasteiger partial charge in [0.05, 0.1) is 12.2 Å². The second-order valence-electron chi connectivity index (χ2n) is 6.65. The predicted octanol–water partition coefficient (Wildman–Crippen LogP) is 3.16. The van der Waals surface area contributed by atoms with E-state index in [0.717, 1.165) is 29.8 Å². The minimum Gasteiger partial charge on any atom is -0.356 e. The van der Waals surface area contributed by atoms with Crippen molar-refractivity contribution in [1.82, 2.24) is 20.5 Å². The van der Waals surface area contributed by atoms with Crippen molar-refractivity contribution in [2.45, 2.75) is 53.1 Å². The van der Waals surface area contributed by atoms with Gasteiger partial charge in [-0.05, 0) is 53.0 Å². The van der Waals surface area contributed by atoms with E-state index in [1.165, 1.54) is 30.8 Å². The van der Waals surface area contributed by atoms with Crippen molar-refractivity contribution in [3.05, 3.63) is 15.6 Å².